The highest BCUT2D eigenvalue weighted by Crippen LogP contribution is 2.27. The summed E-state index contributed by atoms with van der Waals surface area (Å²) in [6.45, 7) is 3.98. The van der Waals surface area contributed by atoms with Crippen LogP contribution in [0.25, 0.3) is 0 Å². The molecule has 0 heterocycles. The van der Waals surface area contributed by atoms with Crippen molar-refractivity contribution in [1.82, 2.24) is 0 Å². The van der Waals surface area contributed by atoms with Crippen molar-refractivity contribution < 1.29 is 4.79 Å². The van der Waals surface area contributed by atoms with Gasteiger partial charge in [0.25, 0.3) is 5.91 Å². The van der Waals surface area contributed by atoms with E-state index >= 15 is 0 Å². The highest BCUT2D eigenvalue weighted by atomic mass is 79.9. The topological polar surface area (TPSA) is 29.1 Å². The first-order valence-electron chi connectivity index (χ1n) is 5.81. The lowest BCUT2D eigenvalue weighted by Crippen LogP contribution is -2.13. The van der Waals surface area contributed by atoms with E-state index in [-0.39, 0.29) is 5.91 Å². The number of aryl methyl sites for hydroxylation is 2. The molecular formula is C15H13BrClNO. The highest BCUT2D eigenvalue weighted by molar-refractivity contribution is 9.10. The van der Waals surface area contributed by atoms with Gasteiger partial charge < -0.3 is 5.32 Å². The van der Waals surface area contributed by atoms with Crippen molar-refractivity contribution in [1.29, 1.82) is 0 Å². The van der Waals surface area contributed by atoms with E-state index in [9.17, 15) is 4.79 Å². The fourth-order valence-corrected chi connectivity index (χ4v) is 2.40. The summed E-state index contributed by atoms with van der Waals surface area (Å²) in [7, 11) is 0. The summed E-state index contributed by atoms with van der Waals surface area (Å²) < 4.78 is 0.711. The molecule has 0 saturated carbocycles. The Balaban J connectivity index is 2.28. The molecule has 0 radical (unpaired) electrons. The largest absolute Gasteiger partial charge is 0.322 e. The zero-order valence-electron chi connectivity index (χ0n) is 10.6. The number of hydrogen-bond donors (Lipinski definition) is 1. The van der Waals surface area contributed by atoms with Gasteiger partial charge in [0, 0.05) is 10.2 Å². The summed E-state index contributed by atoms with van der Waals surface area (Å²) in [5, 5.41) is 3.30. The smallest absolute Gasteiger partial charge is 0.257 e. The molecule has 1 amide bonds. The van der Waals surface area contributed by atoms with Gasteiger partial charge in [-0.2, -0.15) is 0 Å². The molecule has 0 saturated heterocycles. The maximum atomic E-state index is 12.2. The number of rotatable bonds is 2. The van der Waals surface area contributed by atoms with Crippen LogP contribution < -0.4 is 5.32 Å². The minimum absolute atomic E-state index is 0.210. The van der Waals surface area contributed by atoms with Gasteiger partial charge in [0.05, 0.1) is 10.6 Å². The van der Waals surface area contributed by atoms with E-state index in [1.807, 2.05) is 32.0 Å². The van der Waals surface area contributed by atoms with E-state index in [4.69, 9.17) is 11.6 Å². The summed E-state index contributed by atoms with van der Waals surface area (Å²) >= 11 is 9.42. The Morgan fingerprint density at radius 3 is 2.63 bits per heavy atom. The van der Waals surface area contributed by atoms with Crippen LogP contribution in [0, 0.1) is 13.8 Å². The highest BCUT2D eigenvalue weighted by Gasteiger charge is 2.13. The number of halogens is 2. The number of hydrogen-bond acceptors (Lipinski definition) is 1. The van der Waals surface area contributed by atoms with Crippen molar-refractivity contribution in [2.75, 3.05) is 5.32 Å². The molecule has 2 rings (SSSR count). The Kier molecular flexibility index (Phi) is 4.27. The third kappa shape index (κ3) is 3.17. The molecule has 0 atom stereocenters. The lowest BCUT2D eigenvalue weighted by atomic mass is 10.1. The van der Waals surface area contributed by atoms with Crippen molar-refractivity contribution in [2.24, 2.45) is 0 Å². The Morgan fingerprint density at radius 2 is 1.95 bits per heavy atom. The lowest BCUT2D eigenvalue weighted by molar-refractivity contribution is 0.102. The van der Waals surface area contributed by atoms with Gasteiger partial charge >= 0.3 is 0 Å². The normalized spacial score (nSPS) is 10.3. The average Bonchev–Trinajstić information content (AvgIpc) is 2.36. The first kappa shape index (κ1) is 14.1. The van der Waals surface area contributed by atoms with E-state index in [1.54, 1.807) is 18.2 Å². The number of carbonyl (C=O) groups excluding carboxylic acids is 1. The minimum atomic E-state index is -0.210. The maximum absolute atomic E-state index is 12.2. The number of anilines is 1. The summed E-state index contributed by atoms with van der Waals surface area (Å²) in [6.07, 6.45) is 0. The van der Waals surface area contributed by atoms with E-state index in [0.29, 0.717) is 15.1 Å². The molecule has 0 aliphatic carbocycles. The van der Waals surface area contributed by atoms with Gasteiger partial charge in [-0.15, -0.1) is 0 Å². The molecule has 0 fully saturated rings. The van der Waals surface area contributed by atoms with Gasteiger partial charge in [-0.05, 0) is 53.5 Å². The molecule has 98 valence electrons. The molecule has 19 heavy (non-hydrogen) atoms. The van der Waals surface area contributed by atoms with Crippen molar-refractivity contribution >= 4 is 39.1 Å². The number of benzene rings is 2. The molecule has 1 N–H and O–H groups in total. The van der Waals surface area contributed by atoms with Crippen LogP contribution in [0.2, 0.25) is 5.02 Å². The van der Waals surface area contributed by atoms with Crippen LogP contribution in [0.3, 0.4) is 0 Å². The molecule has 2 nitrogen and oxygen atoms in total. The fraction of sp³-hybridized carbons (Fsp3) is 0.133. The molecular weight excluding hydrogens is 326 g/mol. The van der Waals surface area contributed by atoms with E-state index in [2.05, 4.69) is 21.2 Å². The lowest BCUT2D eigenvalue weighted by Gasteiger charge is -2.10. The third-order valence-corrected chi connectivity index (χ3v) is 4.12. The Bertz CT molecular complexity index is 640. The summed E-state index contributed by atoms with van der Waals surface area (Å²) in [5.41, 5.74) is 3.44. The number of amides is 1. The van der Waals surface area contributed by atoms with Gasteiger partial charge in [-0.25, -0.2) is 0 Å². The fourth-order valence-electron chi connectivity index (χ4n) is 1.82. The molecule has 0 aliphatic rings. The second-order valence-electron chi connectivity index (χ2n) is 4.37. The van der Waals surface area contributed by atoms with Crippen molar-refractivity contribution in [2.45, 2.75) is 13.8 Å². The molecule has 0 aromatic heterocycles. The van der Waals surface area contributed by atoms with Crippen LogP contribution >= 0.6 is 27.5 Å². The molecule has 0 aliphatic heterocycles. The summed E-state index contributed by atoms with van der Waals surface area (Å²) in [6, 6.07) is 11.2. The van der Waals surface area contributed by atoms with E-state index < -0.39 is 0 Å². The van der Waals surface area contributed by atoms with Crippen molar-refractivity contribution in [3.8, 4) is 0 Å². The maximum Gasteiger partial charge on any atom is 0.257 e. The van der Waals surface area contributed by atoms with Gasteiger partial charge in [0.2, 0.25) is 0 Å². The van der Waals surface area contributed by atoms with Crippen LogP contribution in [0.1, 0.15) is 21.5 Å². The molecule has 0 bridgehead atoms. The van der Waals surface area contributed by atoms with Crippen LogP contribution in [0.5, 0.6) is 0 Å². The quantitative estimate of drug-likeness (QED) is 0.823. The second-order valence-corrected chi connectivity index (χ2v) is 5.61. The average molecular weight is 339 g/mol. The van der Waals surface area contributed by atoms with Crippen LogP contribution in [-0.4, -0.2) is 5.91 Å². The van der Waals surface area contributed by atoms with Crippen molar-refractivity contribution in [3.05, 3.63) is 62.6 Å². The first-order valence-corrected chi connectivity index (χ1v) is 6.99. The van der Waals surface area contributed by atoms with Gasteiger partial charge in [-0.1, -0.05) is 35.4 Å². The van der Waals surface area contributed by atoms with Gasteiger partial charge in [0.1, 0.15) is 0 Å². The summed E-state index contributed by atoms with van der Waals surface area (Å²) in [4.78, 5) is 12.2. The summed E-state index contributed by atoms with van der Waals surface area (Å²) in [5.74, 6) is -0.210. The first-order chi connectivity index (χ1) is 8.99. The van der Waals surface area contributed by atoms with Gasteiger partial charge in [-0.3, -0.25) is 4.79 Å². The zero-order chi connectivity index (χ0) is 14.0. The minimum Gasteiger partial charge on any atom is -0.322 e. The second kappa shape index (κ2) is 5.76. The molecule has 2 aromatic rings. The van der Waals surface area contributed by atoms with Gasteiger partial charge in [0.15, 0.2) is 0 Å². The standard InChI is InChI=1S/C15H13BrClNO/c1-9-6-7-13(10(2)8-9)18-15(19)11-4-3-5-12(16)14(11)17/h3-8H,1-2H3,(H,18,19). The van der Waals surface area contributed by atoms with E-state index in [0.717, 1.165) is 16.8 Å². The SMILES string of the molecule is Cc1ccc(NC(=O)c2cccc(Br)c2Cl)c(C)c1. The van der Waals surface area contributed by atoms with Crippen molar-refractivity contribution in [3.63, 3.8) is 0 Å². The molecule has 0 spiro atoms. The number of carbonyl (C=O) groups is 1. The molecule has 0 unspecified atom stereocenters. The van der Waals surface area contributed by atoms with Crippen LogP contribution in [0.15, 0.2) is 40.9 Å². The predicted molar refractivity (Wildman–Crippen MR) is 83.0 cm³/mol. The Hall–Kier alpha value is -1.32. The monoisotopic (exact) mass is 337 g/mol. The Morgan fingerprint density at radius 1 is 1.21 bits per heavy atom. The zero-order valence-corrected chi connectivity index (χ0v) is 13.0. The number of nitrogens with one attached hydrogen (secondary N) is 1. The molecule has 4 heteroatoms. The molecule has 2 aromatic carbocycles. The van der Waals surface area contributed by atoms with Crippen LogP contribution in [-0.2, 0) is 0 Å². The Labute approximate surface area is 125 Å². The van der Waals surface area contributed by atoms with E-state index in [1.165, 1.54) is 0 Å². The predicted octanol–water partition coefficient (Wildman–Crippen LogP) is 4.97. The third-order valence-electron chi connectivity index (χ3n) is 2.83. The van der Waals surface area contributed by atoms with Crippen LogP contribution in [0.4, 0.5) is 5.69 Å².